The maximum absolute atomic E-state index is 14.0. The fourth-order valence-corrected chi connectivity index (χ4v) is 4.71. The predicted octanol–water partition coefficient (Wildman–Crippen LogP) is 2.77. The third kappa shape index (κ3) is 6.73. The molecule has 210 valence electrons. The van der Waals surface area contributed by atoms with Crippen LogP contribution < -0.4 is 5.32 Å². The molecule has 2 heterocycles. The summed E-state index contributed by atoms with van der Waals surface area (Å²) >= 11 is 0. The van der Waals surface area contributed by atoms with E-state index in [1.165, 1.54) is 22.2 Å². The number of aromatic nitrogens is 1. The normalized spacial score (nSPS) is 15.7. The Morgan fingerprint density at radius 2 is 1.54 bits per heavy atom. The summed E-state index contributed by atoms with van der Waals surface area (Å²) in [4.78, 5) is 71.4. The van der Waals surface area contributed by atoms with Gasteiger partial charge in [0, 0.05) is 30.6 Å². The second kappa shape index (κ2) is 12.8. The number of amides is 3. The number of Topliss-reactive ketones (excluding diaryl/α,β-unsaturated/α-hetero) is 1. The number of ketones is 1. The first-order valence-corrected chi connectivity index (χ1v) is 13.1. The molecule has 3 amide bonds. The van der Waals surface area contributed by atoms with Crippen LogP contribution >= 0.6 is 0 Å². The Bertz CT molecular complexity index is 1460. The Morgan fingerprint density at radius 3 is 2.12 bits per heavy atom. The maximum Gasteiger partial charge on any atom is 0.374 e. The zero-order valence-corrected chi connectivity index (χ0v) is 22.6. The summed E-state index contributed by atoms with van der Waals surface area (Å²) in [6.45, 7) is 3.12. The van der Waals surface area contributed by atoms with Crippen LogP contribution in [0.4, 0.5) is 0 Å². The second-order valence-electron chi connectivity index (χ2n) is 9.92. The van der Waals surface area contributed by atoms with E-state index in [1.54, 1.807) is 92.8 Å². The highest BCUT2D eigenvalue weighted by Crippen LogP contribution is 2.31. The van der Waals surface area contributed by atoms with Crippen LogP contribution in [0.1, 0.15) is 35.3 Å². The van der Waals surface area contributed by atoms with Crippen LogP contribution in [0.15, 0.2) is 91.4 Å². The highest BCUT2D eigenvalue weighted by Gasteiger charge is 2.41. The number of carboxylic acid groups (broad SMARTS) is 1. The molecule has 1 aliphatic rings. The van der Waals surface area contributed by atoms with Gasteiger partial charge in [-0.25, -0.2) is 4.79 Å². The van der Waals surface area contributed by atoms with E-state index < -0.39 is 48.1 Å². The van der Waals surface area contributed by atoms with Crippen LogP contribution in [-0.2, 0) is 25.6 Å². The summed E-state index contributed by atoms with van der Waals surface area (Å²) in [5.41, 5.74) is 1.92. The summed E-state index contributed by atoms with van der Waals surface area (Å²) in [5, 5.41) is 11.9. The molecule has 0 radical (unpaired) electrons. The van der Waals surface area contributed by atoms with Gasteiger partial charge in [-0.1, -0.05) is 74.5 Å². The number of benzene rings is 2. The Kier molecular flexibility index (Phi) is 9.03. The van der Waals surface area contributed by atoms with Gasteiger partial charge in [-0.05, 0) is 29.2 Å². The number of nitrogens with one attached hydrogen (secondary N) is 1. The molecule has 10 heteroatoms. The molecular weight excluding hydrogens is 524 g/mol. The number of aliphatic carboxylic acids is 1. The van der Waals surface area contributed by atoms with Crippen LogP contribution in [-0.4, -0.2) is 68.0 Å². The van der Waals surface area contributed by atoms with Crippen molar-refractivity contribution >= 4 is 35.2 Å². The molecule has 4 rings (SSSR count). The van der Waals surface area contributed by atoms with E-state index in [0.29, 0.717) is 22.4 Å². The molecule has 0 bridgehead atoms. The first kappa shape index (κ1) is 28.9. The Morgan fingerprint density at radius 1 is 0.927 bits per heavy atom. The molecule has 2 aromatic carbocycles. The van der Waals surface area contributed by atoms with E-state index in [4.69, 9.17) is 0 Å². The number of carbonyl (C=O) groups is 5. The van der Waals surface area contributed by atoms with Crippen LogP contribution in [0, 0.1) is 5.92 Å². The second-order valence-corrected chi connectivity index (χ2v) is 9.92. The molecule has 41 heavy (non-hydrogen) atoms. The van der Waals surface area contributed by atoms with Crippen molar-refractivity contribution in [2.45, 2.75) is 32.4 Å². The van der Waals surface area contributed by atoms with Gasteiger partial charge in [-0.15, -0.1) is 0 Å². The molecule has 1 aromatic heterocycles. The molecule has 1 aliphatic heterocycles. The minimum Gasteiger partial charge on any atom is -0.475 e. The first-order chi connectivity index (χ1) is 19.7. The monoisotopic (exact) mass is 554 g/mol. The van der Waals surface area contributed by atoms with Crippen molar-refractivity contribution in [3.63, 3.8) is 0 Å². The van der Waals surface area contributed by atoms with Crippen molar-refractivity contribution in [1.82, 2.24) is 20.1 Å². The van der Waals surface area contributed by atoms with E-state index in [1.807, 2.05) is 0 Å². The van der Waals surface area contributed by atoms with E-state index in [-0.39, 0.29) is 12.3 Å². The van der Waals surface area contributed by atoms with Crippen LogP contribution in [0.25, 0.3) is 5.70 Å². The van der Waals surface area contributed by atoms with Gasteiger partial charge in [0.25, 0.3) is 17.6 Å². The van der Waals surface area contributed by atoms with Crippen molar-refractivity contribution in [2.24, 2.45) is 5.92 Å². The molecule has 0 saturated heterocycles. The van der Waals surface area contributed by atoms with E-state index >= 15 is 0 Å². The molecule has 0 saturated carbocycles. The van der Waals surface area contributed by atoms with E-state index in [0.717, 1.165) is 0 Å². The minimum absolute atomic E-state index is 0.0319. The van der Waals surface area contributed by atoms with Gasteiger partial charge in [0.05, 0.1) is 5.70 Å². The standard InChI is InChI=1S/C31H30N4O6/c1-20(2)27-30(39)34(19-26(36)33-24(28(37)31(40)41)17-21-9-5-3-6-10-21)25(22-11-7-4-8-12-22)18-35(27)29(38)23-13-15-32-16-14-23/h3-16,18,20,24,27H,17,19H2,1-2H3,(H,33,36)(H,40,41)/t24-,27?/m0/s1. The number of hydrogen-bond donors (Lipinski definition) is 2. The van der Waals surface area contributed by atoms with Crippen molar-refractivity contribution < 1.29 is 29.1 Å². The van der Waals surface area contributed by atoms with Crippen LogP contribution in [0.5, 0.6) is 0 Å². The highest BCUT2D eigenvalue weighted by molar-refractivity contribution is 6.35. The largest absolute Gasteiger partial charge is 0.475 e. The summed E-state index contributed by atoms with van der Waals surface area (Å²) in [6.07, 6.45) is 4.51. The quantitative estimate of drug-likeness (QED) is 0.368. The summed E-state index contributed by atoms with van der Waals surface area (Å²) < 4.78 is 0. The number of nitrogens with zero attached hydrogens (tertiary/aromatic N) is 3. The van der Waals surface area contributed by atoms with Gasteiger partial charge in [0.2, 0.25) is 5.91 Å². The van der Waals surface area contributed by atoms with E-state index in [2.05, 4.69) is 10.3 Å². The molecule has 2 atom stereocenters. The average molecular weight is 555 g/mol. The lowest BCUT2D eigenvalue weighted by atomic mass is 9.96. The summed E-state index contributed by atoms with van der Waals surface area (Å²) in [5.74, 6) is -4.75. The Balaban J connectivity index is 1.68. The zero-order valence-electron chi connectivity index (χ0n) is 22.6. The third-order valence-corrected chi connectivity index (χ3v) is 6.68. The van der Waals surface area contributed by atoms with Gasteiger partial charge in [-0.2, -0.15) is 0 Å². The van der Waals surface area contributed by atoms with Crippen molar-refractivity contribution in [3.05, 3.63) is 108 Å². The lowest BCUT2D eigenvalue weighted by Crippen LogP contribution is -2.57. The Labute approximate surface area is 237 Å². The summed E-state index contributed by atoms with van der Waals surface area (Å²) in [7, 11) is 0. The summed E-state index contributed by atoms with van der Waals surface area (Å²) in [6, 6.07) is 18.4. The number of pyridine rings is 1. The SMILES string of the molecule is CC(C)C1C(=O)N(CC(=O)N[C@@H](Cc2ccccc2)C(=O)C(=O)O)C(c2ccccc2)=CN1C(=O)c1ccncc1. The van der Waals surface area contributed by atoms with E-state index in [9.17, 15) is 29.1 Å². The average Bonchev–Trinajstić information content (AvgIpc) is 2.98. The molecule has 0 spiro atoms. The zero-order chi connectivity index (χ0) is 29.5. The number of hydrogen-bond acceptors (Lipinski definition) is 6. The van der Waals surface area contributed by atoms with Crippen molar-refractivity contribution in [2.75, 3.05) is 6.54 Å². The molecule has 0 aliphatic carbocycles. The highest BCUT2D eigenvalue weighted by atomic mass is 16.4. The fourth-order valence-electron chi connectivity index (χ4n) is 4.71. The van der Waals surface area contributed by atoms with Gasteiger partial charge < -0.3 is 15.3 Å². The molecule has 0 fully saturated rings. The van der Waals surface area contributed by atoms with Gasteiger partial charge >= 0.3 is 5.97 Å². The molecular formula is C31H30N4O6. The van der Waals surface area contributed by atoms with Crippen LogP contribution in [0.2, 0.25) is 0 Å². The van der Waals surface area contributed by atoms with Crippen LogP contribution in [0.3, 0.4) is 0 Å². The van der Waals surface area contributed by atoms with Crippen molar-refractivity contribution in [3.8, 4) is 0 Å². The fraction of sp³-hybridized carbons (Fsp3) is 0.226. The number of carbonyl (C=O) groups excluding carboxylic acids is 4. The smallest absolute Gasteiger partial charge is 0.374 e. The van der Waals surface area contributed by atoms with Gasteiger partial charge in [-0.3, -0.25) is 29.1 Å². The minimum atomic E-state index is -1.67. The lowest BCUT2D eigenvalue weighted by molar-refractivity contribution is -0.150. The lowest BCUT2D eigenvalue weighted by Gasteiger charge is -2.41. The first-order valence-electron chi connectivity index (χ1n) is 13.1. The Hall–Kier alpha value is -5.12. The third-order valence-electron chi connectivity index (χ3n) is 6.68. The molecule has 2 N–H and O–H groups in total. The van der Waals surface area contributed by atoms with Gasteiger partial charge in [0.15, 0.2) is 0 Å². The topological polar surface area (TPSA) is 137 Å². The maximum atomic E-state index is 14.0. The number of carboxylic acids is 1. The molecule has 1 unspecified atom stereocenters. The predicted molar refractivity (Wildman–Crippen MR) is 150 cm³/mol. The molecule has 10 nitrogen and oxygen atoms in total. The van der Waals surface area contributed by atoms with Gasteiger partial charge in [0.1, 0.15) is 18.6 Å². The molecule has 3 aromatic rings. The van der Waals surface area contributed by atoms with Crippen molar-refractivity contribution in [1.29, 1.82) is 0 Å². The number of rotatable bonds is 10.